The molecule has 164 valence electrons. The lowest BCUT2D eigenvalue weighted by atomic mass is 9.96. The van der Waals surface area contributed by atoms with Crippen molar-refractivity contribution in [2.75, 3.05) is 23.4 Å². The number of carbonyl (C=O) groups is 2. The Morgan fingerprint density at radius 3 is 2.61 bits per heavy atom. The van der Waals surface area contributed by atoms with Gasteiger partial charge in [-0.15, -0.1) is 11.3 Å². The zero-order chi connectivity index (χ0) is 22.8. The fourth-order valence-corrected chi connectivity index (χ4v) is 4.65. The van der Waals surface area contributed by atoms with Gasteiger partial charge in [-0.1, -0.05) is 44.2 Å². The minimum atomic E-state index is -0.507. The number of rotatable bonds is 7. The van der Waals surface area contributed by atoms with Crippen LogP contribution in [-0.2, 0) is 4.79 Å². The predicted octanol–water partition coefficient (Wildman–Crippen LogP) is 4.89. The number of ketones is 1. The number of anilines is 3. The Bertz CT molecular complexity index is 1100. The topological polar surface area (TPSA) is 95.4 Å². The fourth-order valence-electron chi connectivity index (χ4n) is 2.79. The lowest BCUT2D eigenvalue weighted by Crippen LogP contribution is -2.27. The van der Waals surface area contributed by atoms with Crippen LogP contribution in [0.1, 0.15) is 43.7 Å². The van der Waals surface area contributed by atoms with Crippen LogP contribution in [-0.4, -0.2) is 39.9 Å². The van der Waals surface area contributed by atoms with Crippen LogP contribution in [0, 0.1) is 12.3 Å². The number of amides is 1. The molecule has 0 saturated heterocycles. The predicted molar refractivity (Wildman–Crippen MR) is 127 cm³/mol. The summed E-state index contributed by atoms with van der Waals surface area (Å²) in [4.78, 5) is 36.1. The number of aliphatic hydroxyl groups is 1. The van der Waals surface area contributed by atoms with Gasteiger partial charge >= 0.3 is 0 Å². The SMILES string of the molecule is CC(=O)c1cccc(N(CCO)c2nc(-c3sc(NC(=O)C(C)(C)C)nc3C)cs2)c1. The van der Waals surface area contributed by atoms with Gasteiger partial charge in [0.1, 0.15) is 0 Å². The standard InChI is InChI=1S/C22H26N4O3S2/c1-13-18(31-20(23-13)25-19(29)22(3,4)5)17-12-30-21(24-17)26(9-10-27)16-8-6-7-15(11-16)14(2)28/h6-8,11-12,27H,9-10H2,1-5H3,(H,23,25,29). The molecule has 3 aromatic rings. The third-order valence-electron chi connectivity index (χ3n) is 4.54. The van der Waals surface area contributed by atoms with E-state index in [1.807, 2.05) is 50.1 Å². The highest BCUT2D eigenvalue weighted by Gasteiger charge is 2.24. The maximum atomic E-state index is 12.3. The number of hydrogen-bond donors (Lipinski definition) is 2. The Kier molecular flexibility index (Phi) is 6.88. The van der Waals surface area contributed by atoms with E-state index in [0.717, 1.165) is 22.0 Å². The third kappa shape index (κ3) is 5.36. The summed E-state index contributed by atoms with van der Waals surface area (Å²) in [6.07, 6.45) is 0. The van der Waals surface area contributed by atoms with E-state index in [1.165, 1.54) is 29.6 Å². The average Bonchev–Trinajstić information content (AvgIpc) is 3.32. The van der Waals surface area contributed by atoms with Gasteiger partial charge in [0, 0.05) is 28.6 Å². The highest BCUT2D eigenvalue weighted by Crippen LogP contribution is 2.37. The Balaban J connectivity index is 1.90. The molecule has 1 amide bonds. The number of aryl methyl sites for hydroxylation is 1. The fraction of sp³-hybridized carbons (Fsp3) is 0.364. The molecule has 0 bridgehead atoms. The van der Waals surface area contributed by atoms with Crippen LogP contribution in [0.25, 0.3) is 10.6 Å². The van der Waals surface area contributed by atoms with Gasteiger partial charge in [0.2, 0.25) is 5.91 Å². The Hall–Kier alpha value is -2.62. The molecule has 0 spiro atoms. The second kappa shape index (κ2) is 9.25. The van der Waals surface area contributed by atoms with Crippen molar-refractivity contribution >= 4 is 50.3 Å². The van der Waals surface area contributed by atoms with Crippen LogP contribution < -0.4 is 10.2 Å². The zero-order valence-corrected chi connectivity index (χ0v) is 19.9. The van der Waals surface area contributed by atoms with Gasteiger partial charge in [-0.05, 0) is 26.0 Å². The number of carbonyl (C=O) groups excluding carboxylic acids is 2. The van der Waals surface area contributed by atoms with E-state index in [1.54, 1.807) is 12.1 Å². The zero-order valence-electron chi connectivity index (χ0n) is 18.2. The second-order valence-electron chi connectivity index (χ2n) is 8.13. The van der Waals surface area contributed by atoms with Gasteiger partial charge in [-0.3, -0.25) is 9.59 Å². The summed E-state index contributed by atoms with van der Waals surface area (Å²) >= 11 is 2.83. The Morgan fingerprint density at radius 1 is 1.23 bits per heavy atom. The van der Waals surface area contributed by atoms with Gasteiger partial charge in [-0.25, -0.2) is 9.97 Å². The molecule has 3 rings (SSSR count). The molecule has 0 fully saturated rings. The van der Waals surface area contributed by atoms with Gasteiger partial charge in [0.25, 0.3) is 0 Å². The molecule has 2 aromatic heterocycles. The summed E-state index contributed by atoms with van der Waals surface area (Å²) in [5, 5.41) is 15.6. The maximum Gasteiger partial charge on any atom is 0.231 e. The monoisotopic (exact) mass is 458 g/mol. The molecule has 9 heteroatoms. The first-order valence-electron chi connectivity index (χ1n) is 9.84. The number of Topliss-reactive ketones (excluding diaryl/α,β-unsaturated/α-hetero) is 1. The van der Waals surface area contributed by atoms with Crippen molar-refractivity contribution in [2.24, 2.45) is 5.41 Å². The minimum absolute atomic E-state index is 0.0178. The summed E-state index contributed by atoms with van der Waals surface area (Å²) in [6, 6.07) is 7.28. The van der Waals surface area contributed by atoms with Crippen molar-refractivity contribution in [2.45, 2.75) is 34.6 Å². The molecule has 1 aromatic carbocycles. The molecule has 0 aliphatic heterocycles. The van der Waals surface area contributed by atoms with E-state index in [4.69, 9.17) is 4.98 Å². The van der Waals surface area contributed by atoms with Crippen molar-refractivity contribution in [1.29, 1.82) is 0 Å². The van der Waals surface area contributed by atoms with Crippen molar-refractivity contribution in [3.05, 3.63) is 40.9 Å². The highest BCUT2D eigenvalue weighted by atomic mass is 32.1. The molecule has 0 radical (unpaired) electrons. The molecular formula is C22H26N4O3S2. The minimum Gasteiger partial charge on any atom is -0.395 e. The number of nitrogens with one attached hydrogen (secondary N) is 1. The first kappa shape index (κ1) is 23.1. The normalized spacial score (nSPS) is 11.4. The second-order valence-corrected chi connectivity index (χ2v) is 9.97. The molecule has 0 unspecified atom stereocenters. The van der Waals surface area contributed by atoms with E-state index >= 15 is 0 Å². The maximum absolute atomic E-state index is 12.3. The van der Waals surface area contributed by atoms with E-state index in [0.29, 0.717) is 22.4 Å². The molecule has 0 aliphatic carbocycles. The highest BCUT2D eigenvalue weighted by molar-refractivity contribution is 7.20. The molecule has 7 nitrogen and oxygen atoms in total. The number of aromatic nitrogens is 2. The third-order valence-corrected chi connectivity index (χ3v) is 6.50. The molecule has 0 saturated carbocycles. The van der Waals surface area contributed by atoms with E-state index in [2.05, 4.69) is 10.3 Å². The van der Waals surface area contributed by atoms with Crippen LogP contribution in [0.4, 0.5) is 16.0 Å². The van der Waals surface area contributed by atoms with E-state index < -0.39 is 5.41 Å². The van der Waals surface area contributed by atoms with Crippen LogP contribution in [0.5, 0.6) is 0 Å². The largest absolute Gasteiger partial charge is 0.395 e. The molecule has 0 aliphatic rings. The number of hydrogen-bond acceptors (Lipinski definition) is 8. The molecule has 0 atom stereocenters. The number of benzene rings is 1. The molecule has 2 N–H and O–H groups in total. The lowest BCUT2D eigenvalue weighted by Gasteiger charge is -2.21. The lowest BCUT2D eigenvalue weighted by molar-refractivity contribution is -0.123. The summed E-state index contributed by atoms with van der Waals surface area (Å²) in [5.41, 5.74) is 2.44. The number of aliphatic hydroxyl groups excluding tert-OH is 1. The summed E-state index contributed by atoms with van der Waals surface area (Å²) in [6.45, 7) is 9.28. The summed E-state index contributed by atoms with van der Waals surface area (Å²) in [7, 11) is 0. The van der Waals surface area contributed by atoms with Gasteiger partial charge in [0.15, 0.2) is 16.0 Å². The van der Waals surface area contributed by atoms with Crippen molar-refractivity contribution in [3.8, 4) is 10.6 Å². The van der Waals surface area contributed by atoms with Crippen LogP contribution >= 0.6 is 22.7 Å². The smallest absolute Gasteiger partial charge is 0.231 e. The van der Waals surface area contributed by atoms with Gasteiger partial charge in [0.05, 0.1) is 22.9 Å². The average molecular weight is 459 g/mol. The van der Waals surface area contributed by atoms with Crippen molar-refractivity contribution < 1.29 is 14.7 Å². The number of nitrogens with zero attached hydrogens (tertiary/aromatic N) is 3. The van der Waals surface area contributed by atoms with Gasteiger partial charge in [-0.2, -0.15) is 0 Å². The van der Waals surface area contributed by atoms with Crippen molar-refractivity contribution in [3.63, 3.8) is 0 Å². The first-order valence-corrected chi connectivity index (χ1v) is 11.5. The molecule has 2 heterocycles. The van der Waals surface area contributed by atoms with E-state index in [9.17, 15) is 14.7 Å². The quantitative estimate of drug-likeness (QED) is 0.489. The molecule has 31 heavy (non-hydrogen) atoms. The van der Waals surface area contributed by atoms with Crippen LogP contribution in [0.2, 0.25) is 0 Å². The Labute approximate surface area is 189 Å². The first-order chi connectivity index (χ1) is 14.6. The Morgan fingerprint density at radius 2 is 1.97 bits per heavy atom. The van der Waals surface area contributed by atoms with Crippen LogP contribution in [0.15, 0.2) is 29.6 Å². The summed E-state index contributed by atoms with van der Waals surface area (Å²) in [5.74, 6) is -0.109. The van der Waals surface area contributed by atoms with Crippen LogP contribution in [0.3, 0.4) is 0 Å². The number of thiazole rings is 2. The van der Waals surface area contributed by atoms with Crippen molar-refractivity contribution in [1.82, 2.24) is 9.97 Å². The van der Waals surface area contributed by atoms with Gasteiger partial charge < -0.3 is 15.3 Å². The summed E-state index contributed by atoms with van der Waals surface area (Å²) < 4.78 is 0. The van der Waals surface area contributed by atoms with E-state index in [-0.39, 0.29) is 18.3 Å². The molecular weight excluding hydrogens is 432 g/mol.